The highest BCUT2D eigenvalue weighted by atomic mass is 35.5. The van der Waals surface area contributed by atoms with Crippen molar-refractivity contribution in [1.82, 2.24) is 4.57 Å². The summed E-state index contributed by atoms with van der Waals surface area (Å²) in [6.45, 7) is 5.79. The summed E-state index contributed by atoms with van der Waals surface area (Å²) in [5.74, 6) is 0.397. The lowest BCUT2D eigenvalue weighted by Gasteiger charge is -2.19. The van der Waals surface area contributed by atoms with Crippen LogP contribution in [0.2, 0.25) is 20.1 Å². The van der Waals surface area contributed by atoms with Gasteiger partial charge >= 0.3 is 0 Å². The molecule has 0 bridgehead atoms. The SMILES string of the molecule is C=CCc1cc(F)ccc1OCCCn1cc[n+](CC(OCc2ccc(Cl)cc2Cl)c2ccc(Cl)cc2Cl)c1. The Hall–Kier alpha value is -2.54. The Bertz CT molecular complexity index is 1430. The first-order valence-electron chi connectivity index (χ1n) is 12.4. The molecule has 4 rings (SSSR count). The number of aryl methyl sites for hydroxylation is 1. The predicted molar refractivity (Wildman–Crippen MR) is 155 cm³/mol. The smallest absolute Gasteiger partial charge is 0.243 e. The van der Waals surface area contributed by atoms with Crippen LogP contribution in [0.5, 0.6) is 5.75 Å². The Balaban J connectivity index is 1.38. The highest BCUT2D eigenvalue weighted by Crippen LogP contribution is 2.31. The molecule has 1 unspecified atom stereocenters. The number of rotatable bonds is 13. The third kappa shape index (κ3) is 8.47. The zero-order valence-corrected chi connectivity index (χ0v) is 24.2. The lowest BCUT2D eigenvalue weighted by Crippen LogP contribution is -2.35. The summed E-state index contributed by atoms with van der Waals surface area (Å²) in [6.07, 6.45) is 8.70. The standard InChI is InChI=1S/C30H28Cl4FN2O2/c1-2-4-21-15-25(35)8-10-29(21)38-14-3-11-36-12-13-37(20-36)18-30(26-9-7-24(32)17-28(26)34)39-19-22-5-6-23(31)16-27(22)33/h2,5-10,12-13,15-17,20,30H,1,3-4,11,14,18-19H2/q+1. The van der Waals surface area contributed by atoms with Crippen LogP contribution in [-0.2, 0) is 30.9 Å². The fourth-order valence-corrected chi connectivity index (χ4v) is 5.13. The largest absolute Gasteiger partial charge is 0.493 e. The second-order valence-electron chi connectivity index (χ2n) is 9.00. The average molecular weight is 609 g/mol. The number of imidazole rings is 1. The molecule has 0 radical (unpaired) electrons. The van der Waals surface area contributed by atoms with E-state index in [4.69, 9.17) is 55.9 Å². The summed E-state index contributed by atoms with van der Waals surface area (Å²) < 4.78 is 29.9. The number of nitrogens with zero attached hydrogens (tertiary/aromatic N) is 2. The summed E-state index contributed by atoms with van der Waals surface area (Å²) in [5, 5.41) is 2.20. The van der Waals surface area contributed by atoms with Crippen LogP contribution in [-0.4, -0.2) is 11.2 Å². The van der Waals surface area contributed by atoms with Crippen molar-refractivity contribution in [2.75, 3.05) is 6.61 Å². The maximum absolute atomic E-state index is 13.6. The highest BCUT2D eigenvalue weighted by Gasteiger charge is 2.20. The monoisotopic (exact) mass is 607 g/mol. The van der Waals surface area contributed by atoms with Crippen LogP contribution in [0.15, 0.2) is 86.0 Å². The lowest BCUT2D eigenvalue weighted by atomic mass is 10.1. The second kappa shape index (κ2) is 14.2. The zero-order valence-electron chi connectivity index (χ0n) is 21.1. The molecular weight excluding hydrogens is 581 g/mol. The number of hydrogen-bond acceptors (Lipinski definition) is 2. The van der Waals surface area contributed by atoms with Gasteiger partial charge in [0.25, 0.3) is 0 Å². The van der Waals surface area contributed by atoms with E-state index in [-0.39, 0.29) is 18.5 Å². The van der Waals surface area contributed by atoms with Crippen molar-refractivity contribution >= 4 is 46.4 Å². The Morgan fingerprint density at radius 1 is 0.949 bits per heavy atom. The minimum atomic E-state index is -0.354. The van der Waals surface area contributed by atoms with Gasteiger partial charge in [-0.15, -0.1) is 6.58 Å². The molecule has 4 nitrogen and oxygen atoms in total. The molecule has 204 valence electrons. The van der Waals surface area contributed by atoms with E-state index in [2.05, 4.69) is 11.1 Å². The number of ether oxygens (including phenoxy) is 2. The molecule has 0 N–H and O–H groups in total. The Labute approximate surface area is 248 Å². The molecule has 4 aromatic rings. The second-order valence-corrected chi connectivity index (χ2v) is 10.7. The number of hydrogen-bond donors (Lipinski definition) is 0. The molecule has 0 fully saturated rings. The fraction of sp³-hybridized carbons (Fsp3) is 0.233. The number of aromatic nitrogens is 2. The van der Waals surface area contributed by atoms with Crippen LogP contribution in [0.3, 0.4) is 0 Å². The molecule has 0 aliphatic rings. The lowest BCUT2D eigenvalue weighted by molar-refractivity contribution is -0.704. The highest BCUT2D eigenvalue weighted by molar-refractivity contribution is 6.35. The molecule has 3 aromatic carbocycles. The van der Waals surface area contributed by atoms with E-state index >= 15 is 0 Å². The summed E-state index contributed by atoms with van der Waals surface area (Å²) in [4.78, 5) is 0. The molecule has 9 heteroatoms. The van der Waals surface area contributed by atoms with E-state index in [1.54, 1.807) is 36.4 Å². The van der Waals surface area contributed by atoms with Crippen LogP contribution in [0.4, 0.5) is 4.39 Å². The maximum Gasteiger partial charge on any atom is 0.243 e. The summed E-state index contributed by atoms with van der Waals surface area (Å²) in [7, 11) is 0. The predicted octanol–water partition coefficient (Wildman–Crippen LogP) is 8.68. The first-order chi connectivity index (χ1) is 18.8. The van der Waals surface area contributed by atoms with Gasteiger partial charge in [-0.2, -0.15) is 0 Å². The summed E-state index contributed by atoms with van der Waals surface area (Å²) in [6, 6.07) is 15.3. The van der Waals surface area contributed by atoms with Gasteiger partial charge in [0.1, 0.15) is 36.6 Å². The Kier molecular flexibility index (Phi) is 10.7. The first-order valence-corrected chi connectivity index (χ1v) is 13.9. The van der Waals surface area contributed by atoms with Crippen LogP contribution >= 0.6 is 46.4 Å². The molecule has 0 saturated heterocycles. The first kappa shape index (κ1) is 29.4. The van der Waals surface area contributed by atoms with Crippen LogP contribution in [0.25, 0.3) is 0 Å². The van der Waals surface area contributed by atoms with Gasteiger partial charge in [0.2, 0.25) is 6.33 Å². The van der Waals surface area contributed by atoms with E-state index in [9.17, 15) is 4.39 Å². The van der Waals surface area contributed by atoms with E-state index in [1.165, 1.54) is 12.1 Å². The van der Waals surface area contributed by atoms with Crippen molar-refractivity contribution in [3.8, 4) is 5.75 Å². The molecule has 39 heavy (non-hydrogen) atoms. The number of allylic oxidation sites excluding steroid dienone is 1. The van der Waals surface area contributed by atoms with Crippen LogP contribution in [0.1, 0.15) is 29.2 Å². The molecule has 0 spiro atoms. The topological polar surface area (TPSA) is 27.3 Å². The minimum absolute atomic E-state index is 0.283. The zero-order chi connectivity index (χ0) is 27.8. The van der Waals surface area contributed by atoms with Gasteiger partial charge in [0.15, 0.2) is 0 Å². The van der Waals surface area contributed by atoms with Gasteiger partial charge < -0.3 is 9.47 Å². The normalized spacial score (nSPS) is 11.9. The van der Waals surface area contributed by atoms with Gasteiger partial charge in [-0.25, -0.2) is 13.5 Å². The summed E-state index contributed by atoms with van der Waals surface area (Å²) in [5.41, 5.74) is 2.45. The Morgan fingerprint density at radius 2 is 1.72 bits per heavy atom. The molecule has 0 aliphatic heterocycles. The molecule has 1 heterocycles. The van der Waals surface area contributed by atoms with E-state index in [0.29, 0.717) is 45.4 Å². The average Bonchev–Trinajstić information content (AvgIpc) is 3.34. The van der Waals surface area contributed by atoms with Gasteiger partial charge in [0.05, 0.1) is 19.8 Å². The third-order valence-electron chi connectivity index (χ3n) is 6.09. The van der Waals surface area contributed by atoms with E-state index in [1.807, 2.05) is 35.4 Å². The van der Waals surface area contributed by atoms with Crippen molar-refractivity contribution in [3.05, 3.63) is 129 Å². The van der Waals surface area contributed by atoms with Crippen molar-refractivity contribution in [2.45, 2.75) is 38.6 Å². The van der Waals surface area contributed by atoms with E-state index < -0.39 is 0 Å². The quantitative estimate of drug-likeness (QED) is 0.0862. The molecular formula is C30H28Cl4FN2O2+. The fourth-order valence-electron chi connectivity index (χ4n) is 4.14. The number of halogens is 5. The van der Waals surface area contributed by atoms with Crippen molar-refractivity contribution in [1.29, 1.82) is 0 Å². The molecule has 1 atom stereocenters. The van der Waals surface area contributed by atoms with Crippen LogP contribution < -0.4 is 9.30 Å². The van der Waals surface area contributed by atoms with Gasteiger partial charge in [0, 0.05) is 37.6 Å². The van der Waals surface area contributed by atoms with Crippen molar-refractivity contribution in [3.63, 3.8) is 0 Å². The molecule has 0 aliphatic carbocycles. The van der Waals surface area contributed by atoms with Crippen molar-refractivity contribution < 1.29 is 18.4 Å². The van der Waals surface area contributed by atoms with Gasteiger partial charge in [-0.3, -0.25) is 0 Å². The van der Waals surface area contributed by atoms with E-state index in [0.717, 1.165) is 29.7 Å². The summed E-state index contributed by atoms with van der Waals surface area (Å²) >= 11 is 25.1. The Morgan fingerprint density at radius 3 is 2.46 bits per heavy atom. The van der Waals surface area contributed by atoms with Crippen molar-refractivity contribution in [2.24, 2.45) is 0 Å². The maximum atomic E-state index is 13.6. The molecule has 0 saturated carbocycles. The van der Waals surface area contributed by atoms with Gasteiger partial charge in [-0.1, -0.05) is 64.6 Å². The number of benzene rings is 3. The van der Waals surface area contributed by atoms with Crippen LogP contribution in [0, 0.1) is 5.82 Å². The molecule has 0 amide bonds. The minimum Gasteiger partial charge on any atom is -0.493 e. The van der Waals surface area contributed by atoms with Gasteiger partial charge in [-0.05, 0) is 54.4 Å². The molecule has 1 aromatic heterocycles. The third-order valence-corrected chi connectivity index (χ3v) is 7.24.